The van der Waals surface area contributed by atoms with E-state index in [4.69, 9.17) is 9.84 Å². The van der Waals surface area contributed by atoms with Crippen molar-refractivity contribution < 1.29 is 36.2 Å². The number of aromatic carboxylic acids is 1. The Morgan fingerprint density at radius 2 is 2.00 bits per heavy atom. The van der Waals surface area contributed by atoms with Gasteiger partial charge in [0.1, 0.15) is 12.3 Å². The lowest BCUT2D eigenvalue weighted by atomic mass is 10.2. The highest BCUT2D eigenvalue weighted by Gasteiger charge is 2.29. The van der Waals surface area contributed by atoms with Crippen LogP contribution >= 0.6 is 0 Å². The number of hydrogen-bond acceptors (Lipinski definition) is 4. The van der Waals surface area contributed by atoms with Gasteiger partial charge in [0.05, 0.1) is 18.4 Å². The van der Waals surface area contributed by atoms with E-state index in [1.54, 1.807) is 4.72 Å². The summed E-state index contributed by atoms with van der Waals surface area (Å²) in [5.41, 5.74) is -0.857. The number of methoxy groups -OCH3 is 1. The molecular weight excluding hydrogens is 317 g/mol. The highest BCUT2D eigenvalue weighted by Crippen LogP contribution is 2.23. The summed E-state index contributed by atoms with van der Waals surface area (Å²) >= 11 is 0. The molecule has 1 aromatic rings. The van der Waals surface area contributed by atoms with Crippen LogP contribution in [-0.2, 0) is 10.2 Å². The molecule has 0 bridgehead atoms. The number of nitrogens with one attached hydrogen (secondary N) is 2. The third-order valence-corrected chi connectivity index (χ3v) is 3.18. The summed E-state index contributed by atoms with van der Waals surface area (Å²) < 4.78 is 66.5. The predicted molar refractivity (Wildman–Crippen MR) is 66.6 cm³/mol. The number of benzene rings is 1. The Morgan fingerprint density at radius 1 is 1.38 bits per heavy atom. The quantitative estimate of drug-likeness (QED) is 0.728. The van der Waals surface area contributed by atoms with Crippen molar-refractivity contribution in [1.29, 1.82) is 0 Å². The van der Waals surface area contributed by atoms with E-state index in [2.05, 4.69) is 0 Å². The molecule has 0 aromatic heterocycles. The zero-order valence-electron chi connectivity index (χ0n) is 10.6. The number of carboxylic acids is 1. The van der Waals surface area contributed by atoms with Crippen LogP contribution < -0.4 is 14.2 Å². The highest BCUT2D eigenvalue weighted by atomic mass is 32.2. The molecule has 0 saturated carbocycles. The van der Waals surface area contributed by atoms with Crippen LogP contribution in [-0.4, -0.2) is 39.3 Å². The molecule has 11 heteroatoms. The molecule has 0 spiro atoms. The number of halogens is 3. The third kappa shape index (κ3) is 5.47. The topological polar surface area (TPSA) is 105 Å². The van der Waals surface area contributed by atoms with E-state index < -0.39 is 40.2 Å². The Labute approximate surface area is 117 Å². The largest absolute Gasteiger partial charge is 0.497 e. The zero-order valence-corrected chi connectivity index (χ0v) is 11.4. The fraction of sp³-hybridized carbons (Fsp3) is 0.300. The molecule has 0 radical (unpaired) electrons. The molecule has 1 aromatic carbocycles. The van der Waals surface area contributed by atoms with Gasteiger partial charge in [0.25, 0.3) is 10.2 Å². The standard InChI is InChI=1S/C10H11F3N2O5S/c1-20-6-2-3-8(7(4-6)9(16)17)15-21(18,19)14-5-10(11,12)13/h2-4,14-15H,5H2,1H3,(H,16,17). The van der Waals surface area contributed by atoms with Gasteiger partial charge in [0, 0.05) is 0 Å². The van der Waals surface area contributed by atoms with Gasteiger partial charge in [-0.2, -0.15) is 26.3 Å². The number of alkyl halides is 3. The number of rotatable bonds is 6. The zero-order chi connectivity index (χ0) is 16.3. The van der Waals surface area contributed by atoms with Crippen LogP contribution in [0.3, 0.4) is 0 Å². The lowest BCUT2D eigenvalue weighted by Gasteiger charge is -2.13. The summed E-state index contributed by atoms with van der Waals surface area (Å²) in [4.78, 5) is 11.0. The average molecular weight is 328 g/mol. The number of carboxylic acid groups (broad SMARTS) is 1. The Hall–Kier alpha value is -2.01. The van der Waals surface area contributed by atoms with Gasteiger partial charge >= 0.3 is 12.1 Å². The number of hydrogen-bond donors (Lipinski definition) is 3. The Kier molecular flexibility index (Phi) is 5.01. The van der Waals surface area contributed by atoms with Crippen LogP contribution in [0.15, 0.2) is 18.2 Å². The van der Waals surface area contributed by atoms with Gasteiger partial charge in [-0.3, -0.25) is 4.72 Å². The number of anilines is 1. The maximum Gasteiger partial charge on any atom is 0.402 e. The van der Waals surface area contributed by atoms with E-state index in [0.717, 1.165) is 12.1 Å². The Balaban J connectivity index is 2.99. The Bertz CT molecular complexity index is 630. The first-order chi connectivity index (χ1) is 9.54. The molecular formula is C10H11F3N2O5S. The minimum absolute atomic E-state index is 0.151. The number of carbonyl (C=O) groups is 1. The van der Waals surface area contributed by atoms with Gasteiger partial charge in [-0.1, -0.05) is 0 Å². The lowest BCUT2D eigenvalue weighted by Crippen LogP contribution is -2.37. The average Bonchev–Trinajstić information content (AvgIpc) is 2.35. The first-order valence-electron chi connectivity index (χ1n) is 5.29. The lowest BCUT2D eigenvalue weighted by molar-refractivity contribution is -0.121. The van der Waals surface area contributed by atoms with Crippen molar-refractivity contribution in [2.24, 2.45) is 0 Å². The van der Waals surface area contributed by atoms with E-state index in [-0.39, 0.29) is 5.75 Å². The summed E-state index contributed by atoms with van der Waals surface area (Å²) in [6, 6.07) is 3.35. The first-order valence-corrected chi connectivity index (χ1v) is 6.78. The van der Waals surface area contributed by atoms with Gasteiger partial charge in [0.2, 0.25) is 0 Å². The maximum atomic E-state index is 12.0. The van der Waals surface area contributed by atoms with E-state index in [9.17, 15) is 26.4 Å². The Morgan fingerprint density at radius 3 is 2.48 bits per heavy atom. The van der Waals surface area contributed by atoms with Crippen LogP contribution in [0, 0.1) is 0 Å². The summed E-state index contributed by atoms with van der Waals surface area (Å²) in [6.45, 7) is -1.78. The second kappa shape index (κ2) is 6.18. The molecule has 0 aliphatic heterocycles. The fourth-order valence-corrected chi connectivity index (χ4v) is 2.17. The molecule has 0 saturated heterocycles. The van der Waals surface area contributed by atoms with Crippen molar-refractivity contribution in [3.05, 3.63) is 23.8 Å². The van der Waals surface area contributed by atoms with Crippen LogP contribution in [0.2, 0.25) is 0 Å². The van der Waals surface area contributed by atoms with Crippen molar-refractivity contribution in [3.63, 3.8) is 0 Å². The van der Waals surface area contributed by atoms with Crippen LogP contribution in [0.25, 0.3) is 0 Å². The summed E-state index contributed by atoms with van der Waals surface area (Å²) in [5.74, 6) is -1.32. The molecule has 7 nitrogen and oxygen atoms in total. The second-order valence-electron chi connectivity index (χ2n) is 3.76. The molecule has 0 heterocycles. The maximum absolute atomic E-state index is 12.0. The summed E-state index contributed by atoms with van der Waals surface area (Å²) in [6.07, 6.45) is -4.73. The normalized spacial score (nSPS) is 12.0. The highest BCUT2D eigenvalue weighted by molar-refractivity contribution is 7.90. The molecule has 0 unspecified atom stereocenters. The van der Waals surface area contributed by atoms with Crippen molar-refractivity contribution in [2.75, 3.05) is 18.4 Å². The van der Waals surface area contributed by atoms with E-state index in [0.29, 0.717) is 0 Å². The minimum Gasteiger partial charge on any atom is -0.497 e. The molecule has 1 rings (SSSR count). The van der Waals surface area contributed by atoms with Crippen molar-refractivity contribution in [2.45, 2.75) is 6.18 Å². The SMILES string of the molecule is COc1ccc(NS(=O)(=O)NCC(F)(F)F)c(C(=O)O)c1. The van der Waals surface area contributed by atoms with E-state index in [1.807, 2.05) is 0 Å². The molecule has 118 valence electrons. The van der Waals surface area contributed by atoms with Crippen molar-refractivity contribution >= 4 is 21.9 Å². The molecule has 0 aliphatic carbocycles. The van der Waals surface area contributed by atoms with Crippen LogP contribution in [0.5, 0.6) is 5.75 Å². The van der Waals surface area contributed by atoms with Gasteiger partial charge in [-0.25, -0.2) is 4.79 Å². The second-order valence-corrected chi connectivity index (χ2v) is 5.26. The van der Waals surface area contributed by atoms with Gasteiger partial charge < -0.3 is 9.84 Å². The van der Waals surface area contributed by atoms with Gasteiger partial charge in [-0.15, -0.1) is 0 Å². The number of ether oxygens (including phenoxy) is 1. The molecule has 0 fully saturated rings. The molecule has 3 N–H and O–H groups in total. The first kappa shape index (κ1) is 17.0. The van der Waals surface area contributed by atoms with E-state index in [1.165, 1.54) is 17.9 Å². The predicted octanol–water partition coefficient (Wildman–Crippen LogP) is 1.20. The van der Waals surface area contributed by atoms with Crippen LogP contribution in [0.4, 0.5) is 18.9 Å². The monoisotopic (exact) mass is 328 g/mol. The van der Waals surface area contributed by atoms with E-state index >= 15 is 0 Å². The molecule has 21 heavy (non-hydrogen) atoms. The molecule has 0 amide bonds. The summed E-state index contributed by atoms with van der Waals surface area (Å²) in [5, 5.41) is 8.95. The third-order valence-electron chi connectivity index (χ3n) is 2.16. The fourth-order valence-electron chi connectivity index (χ4n) is 1.27. The summed E-state index contributed by atoms with van der Waals surface area (Å²) in [7, 11) is -3.29. The minimum atomic E-state index is -4.73. The van der Waals surface area contributed by atoms with Crippen LogP contribution in [0.1, 0.15) is 10.4 Å². The van der Waals surface area contributed by atoms with Gasteiger partial charge in [-0.05, 0) is 18.2 Å². The molecule has 0 aliphatic rings. The van der Waals surface area contributed by atoms with Crippen molar-refractivity contribution in [1.82, 2.24) is 4.72 Å². The smallest absolute Gasteiger partial charge is 0.402 e. The van der Waals surface area contributed by atoms with Crippen molar-refractivity contribution in [3.8, 4) is 5.75 Å². The molecule has 0 atom stereocenters. The van der Waals surface area contributed by atoms with Gasteiger partial charge in [0.15, 0.2) is 0 Å².